The second-order valence-electron chi connectivity index (χ2n) is 5.42. The Bertz CT molecular complexity index is 860. The molecule has 1 heterocycles. The third kappa shape index (κ3) is 3.02. The fraction of sp³-hybridized carbons (Fsp3) is 0.278. The number of methoxy groups -OCH3 is 1. The lowest BCUT2D eigenvalue weighted by molar-refractivity contribution is -0.144. The van der Waals surface area contributed by atoms with Crippen molar-refractivity contribution in [2.24, 2.45) is 0 Å². The SMILES string of the molecule is COC(=O)C(C)n1c(-c2ccc(C)c(C)c2)ccc(C#N)c1=O. The third-order valence-electron chi connectivity index (χ3n) is 3.97. The molecule has 0 saturated heterocycles. The number of pyridine rings is 1. The number of nitriles is 1. The smallest absolute Gasteiger partial charge is 0.328 e. The number of rotatable bonds is 3. The van der Waals surface area contributed by atoms with Crippen molar-refractivity contribution >= 4 is 5.97 Å². The van der Waals surface area contributed by atoms with Crippen molar-refractivity contribution in [1.29, 1.82) is 5.26 Å². The van der Waals surface area contributed by atoms with Gasteiger partial charge in [0.1, 0.15) is 17.7 Å². The Balaban J connectivity index is 2.75. The first-order valence-electron chi connectivity index (χ1n) is 7.21. The summed E-state index contributed by atoms with van der Waals surface area (Å²) in [4.78, 5) is 24.4. The second-order valence-corrected chi connectivity index (χ2v) is 5.42. The molecule has 2 rings (SSSR count). The van der Waals surface area contributed by atoms with Gasteiger partial charge in [-0.3, -0.25) is 9.36 Å². The molecule has 0 aliphatic carbocycles. The summed E-state index contributed by atoms with van der Waals surface area (Å²) in [6.45, 7) is 5.57. The van der Waals surface area contributed by atoms with Gasteiger partial charge in [-0.25, -0.2) is 4.79 Å². The standard InChI is InChI=1S/C18H18N2O3/c1-11-5-6-14(9-12(11)2)16-8-7-15(10-19)17(21)20(16)13(3)18(22)23-4/h5-9,13H,1-4H3. The molecule has 1 aromatic heterocycles. The average molecular weight is 310 g/mol. The maximum Gasteiger partial charge on any atom is 0.328 e. The molecule has 0 aliphatic rings. The number of nitrogens with zero attached hydrogens (tertiary/aromatic N) is 2. The van der Waals surface area contributed by atoms with E-state index in [4.69, 9.17) is 10.00 Å². The molecule has 118 valence electrons. The van der Waals surface area contributed by atoms with Crippen LogP contribution in [0.3, 0.4) is 0 Å². The number of esters is 1. The lowest BCUT2D eigenvalue weighted by Gasteiger charge is -2.19. The van der Waals surface area contributed by atoms with Gasteiger partial charge in [0, 0.05) is 0 Å². The van der Waals surface area contributed by atoms with Gasteiger partial charge in [0.25, 0.3) is 5.56 Å². The monoisotopic (exact) mass is 310 g/mol. The zero-order valence-electron chi connectivity index (χ0n) is 13.6. The molecule has 0 saturated carbocycles. The molecular formula is C18H18N2O3. The van der Waals surface area contributed by atoms with E-state index in [2.05, 4.69) is 0 Å². The van der Waals surface area contributed by atoms with Crippen molar-refractivity contribution in [2.75, 3.05) is 7.11 Å². The highest BCUT2D eigenvalue weighted by molar-refractivity contribution is 5.75. The topological polar surface area (TPSA) is 72.1 Å². The molecule has 5 heteroatoms. The first-order valence-corrected chi connectivity index (χ1v) is 7.21. The van der Waals surface area contributed by atoms with E-state index in [9.17, 15) is 9.59 Å². The van der Waals surface area contributed by atoms with Gasteiger partial charge in [0.05, 0.1) is 12.8 Å². The molecule has 1 aromatic carbocycles. The van der Waals surface area contributed by atoms with Crippen LogP contribution < -0.4 is 5.56 Å². The highest BCUT2D eigenvalue weighted by Crippen LogP contribution is 2.24. The Morgan fingerprint density at radius 1 is 1.22 bits per heavy atom. The molecule has 0 amide bonds. The van der Waals surface area contributed by atoms with Crippen LogP contribution in [0.25, 0.3) is 11.3 Å². The molecule has 0 fully saturated rings. The summed E-state index contributed by atoms with van der Waals surface area (Å²) in [5, 5.41) is 9.08. The Morgan fingerprint density at radius 2 is 1.91 bits per heavy atom. The summed E-state index contributed by atoms with van der Waals surface area (Å²) in [5.74, 6) is -0.535. The van der Waals surface area contributed by atoms with E-state index >= 15 is 0 Å². The van der Waals surface area contributed by atoms with Crippen LogP contribution in [0.5, 0.6) is 0 Å². The van der Waals surface area contributed by atoms with Crippen LogP contribution >= 0.6 is 0 Å². The minimum Gasteiger partial charge on any atom is -0.467 e. The van der Waals surface area contributed by atoms with Crippen LogP contribution in [0.15, 0.2) is 35.1 Å². The highest BCUT2D eigenvalue weighted by atomic mass is 16.5. The van der Waals surface area contributed by atoms with E-state index in [-0.39, 0.29) is 5.56 Å². The van der Waals surface area contributed by atoms with E-state index in [1.54, 1.807) is 13.0 Å². The first-order chi connectivity index (χ1) is 10.9. The van der Waals surface area contributed by atoms with E-state index in [0.29, 0.717) is 5.69 Å². The van der Waals surface area contributed by atoms with Gasteiger partial charge in [-0.15, -0.1) is 0 Å². The maximum absolute atomic E-state index is 12.5. The molecule has 5 nitrogen and oxygen atoms in total. The predicted molar refractivity (Wildman–Crippen MR) is 87.1 cm³/mol. The van der Waals surface area contributed by atoms with Crippen molar-refractivity contribution in [2.45, 2.75) is 26.8 Å². The maximum atomic E-state index is 12.5. The molecule has 0 bridgehead atoms. The third-order valence-corrected chi connectivity index (χ3v) is 3.97. The zero-order chi connectivity index (χ0) is 17.1. The number of aromatic nitrogens is 1. The van der Waals surface area contributed by atoms with Gasteiger partial charge >= 0.3 is 5.97 Å². The molecule has 23 heavy (non-hydrogen) atoms. The lowest BCUT2D eigenvalue weighted by Crippen LogP contribution is -2.31. The van der Waals surface area contributed by atoms with Gasteiger partial charge in [-0.2, -0.15) is 5.26 Å². The van der Waals surface area contributed by atoms with Crippen LogP contribution in [0.2, 0.25) is 0 Å². The van der Waals surface area contributed by atoms with Crippen molar-refractivity contribution in [3.63, 3.8) is 0 Å². The fourth-order valence-electron chi connectivity index (χ4n) is 2.43. The Labute approximate surface area is 134 Å². The zero-order valence-corrected chi connectivity index (χ0v) is 13.6. The number of carbonyl (C=O) groups excluding carboxylic acids is 1. The Kier molecular flexibility index (Phi) is 4.65. The van der Waals surface area contributed by atoms with Crippen LogP contribution in [0.1, 0.15) is 29.7 Å². The minimum atomic E-state index is -0.822. The summed E-state index contributed by atoms with van der Waals surface area (Å²) in [5.41, 5.74) is 3.10. The van der Waals surface area contributed by atoms with Crippen molar-refractivity contribution in [1.82, 2.24) is 4.57 Å². The molecule has 0 N–H and O–H groups in total. The van der Waals surface area contributed by atoms with Crippen LogP contribution in [0.4, 0.5) is 0 Å². The molecule has 0 spiro atoms. The number of benzene rings is 1. The molecular weight excluding hydrogens is 292 g/mol. The summed E-state index contributed by atoms with van der Waals surface area (Å²) in [6.07, 6.45) is 0. The molecule has 2 aromatic rings. The van der Waals surface area contributed by atoms with Crippen LogP contribution in [0, 0.1) is 25.2 Å². The van der Waals surface area contributed by atoms with Crippen LogP contribution in [-0.2, 0) is 9.53 Å². The number of hydrogen-bond acceptors (Lipinski definition) is 4. The van der Waals surface area contributed by atoms with E-state index in [1.165, 1.54) is 17.7 Å². The summed E-state index contributed by atoms with van der Waals surface area (Å²) in [7, 11) is 1.27. The Morgan fingerprint density at radius 3 is 2.48 bits per heavy atom. The first kappa shape index (κ1) is 16.5. The molecule has 0 aliphatic heterocycles. The molecule has 1 unspecified atom stereocenters. The summed E-state index contributed by atoms with van der Waals surface area (Å²) >= 11 is 0. The van der Waals surface area contributed by atoms with Gasteiger partial charge in [0.2, 0.25) is 0 Å². The highest BCUT2D eigenvalue weighted by Gasteiger charge is 2.22. The number of carbonyl (C=O) groups is 1. The second kappa shape index (κ2) is 6.49. The Hall–Kier alpha value is -2.87. The van der Waals surface area contributed by atoms with Gasteiger partial charge in [-0.05, 0) is 55.7 Å². The van der Waals surface area contributed by atoms with Crippen molar-refractivity contribution < 1.29 is 9.53 Å². The summed E-state index contributed by atoms with van der Waals surface area (Å²) < 4.78 is 6.06. The number of aryl methyl sites for hydroxylation is 2. The largest absolute Gasteiger partial charge is 0.467 e. The quantitative estimate of drug-likeness (QED) is 0.817. The summed E-state index contributed by atoms with van der Waals surface area (Å²) in [6, 6.07) is 10.0. The van der Waals surface area contributed by atoms with E-state index in [0.717, 1.165) is 16.7 Å². The lowest BCUT2D eigenvalue weighted by atomic mass is 10.0. The van der Waals surface area contributed by atoms with E-state index in [1.807, 2.05) is 38.1 Å². The van der Waals surface area contributed by atoms with E-state index < -0.39 is 17.6 Å². The van der Waals surface area contributed by atoms with Gasteiger partial charge in [-0.1, -0.05) is 12.1 Å². The van der Waals surface area contributed by atoms with Crippen molar-refractivity contribution in [3.8, 4) is 17.3 Å². The van der Waals surface area contributed by atoms with Gasteiger partial charge in [0.15, 0.2) is 0 Å². The predicted octanol–water partition coefficient (Wildman–Crippen LogP) is 2.74. The van der Waals surface area contributed by atoms with Crippen molar-refractivity contribution in [3.05, 3.63) is 57.4 Å². The van der Waals surface area contributed by atoms with Crippen LogP contribution in [-0.4, -0.2) is 17.6 Å². The van der Waals surface area contributed by atoms with Gasteiger partial charge < -0.3 is 4.74 Å². The normalized spacial score (nSPS) is 11.6. The number of hydrogen-bond donors (Lipinski definition) is 0. The molecule has 0 radical (unpaired) electrons. The molecule has 1 atom stereocenters. The average Bonchev–Trinajstić information content (AvgIpc) is 2.55. The minimum absolute atomic E-state index is 0.00617. The number of ether oxygens (including phenoxy) is 1. The fourth-order valence-corrected chi connectivity index (χ4v) is 2.43.